The van der Waals surface area contributed by atoms with Crippen LogP contribution in [0.1, 0.15) is 11.1 Å². The Labute approximate surface area is 152 Å². The lowest BCUT2D eigenvalue weighted by molar-refractivity contribution is 0.107. The van der Waals surface area contributed by atoms with Crippen LogP contribution in [0.25, 0.3) is 0 Å². The van der Waals surface area contributed by atoms with Gasteiger partial charge in [0.2, 0.25) is 0 Å². The van der Waals surface area contributed by atoms with Crippen LogP contribution in [0, 0.1) is 0 Å². The first-order valence-electron chi connectivity index (χ1n) is 8.06. The number of anilines is 2. The van der Waals surface area contributed by atoms with E-state index in [4.69, 9.17) is 9.47 Å². The number of rotatable bonds is 7. The summed E-state index contributed by atoms with van der Waals surface area (Å²) in [4.78, 5) is 22.7. The number of benzene rings is 2. The summed E-state index contributed by atoms with van der Waals surface area (Å²) in [5.74, 6) is 0. The van der Waals surface area contributed by atoms with Crippen LogP contribution in [0.5, 0.6) is 0 Å². The minimum absolute atomic E-state index is 0.210. The lowest BCUT2D eigenvalue weighted by atomic mass is 10.0. The van der Waals surface area contributed by atoms with E-state index in [2.05, 4.69) is 15.4 Å². The zero-order valence-corrected chi connectivity index (χ0v) is 14.8. The highest BCUT2D eigenvalue weighted by Gasteiger charge is 2.04. The zero-order valence-electron chi connectivity index (χ0n) is 14.8. The van der Waals surface area contributed by atoms with Gasteiger partial charge in [0.25, 0.3) is 0 Å². The second-order valence-electron chi connectivity index (χ2n) is 5.44. The molecule has 2 rings (SSSR count). The first-order chi connectivity index (χ1) is 12.6. The Morgan fingerprint density at radius 2 is 1.27 bits per heavy atom. The van der Waals surface area contributed by atoms with E-state index in [9.17, 15) is 9.59 Å². The Hall–Kier alpha value is -3.06. The number of carbonyl (C=O) groups is 2. The van der Waals surface area contributed by atoms with Gasteiger partial charge in [-0.1, -0.05) is 24.3 Å². The van der Waals surface area contributed by atoms with Crippen molar-refractivity contribution in [2.24, 2.45) is 0 Å². The Bertz CT molecular complexity index is 714. The normalized spacial score (nSPS) is 10.1. The summed E-state index contributed by atoms with van der Waals surface area (Å²) < 4.78 is 14.3. The maximum atomic E-state index is 11.6. The molecule has 2 N–H and O–H groups in total. The molecule has 0 aliphatic carbocycles. The second-order valence-corrected chi connectivity index (χ2v) is 5.44. The van der Waals surface area contributed by atoms with Gasteiger partial charge in [-0.05, 0) is 41.8 Å². The lowest BCUT2D eigenvalue weighted by Crippen LogP contribution is -2.16. The SMILES string of the molecule is COCCOC(=O)Nc1ccc(Cc2ccc(NC(=O)OC)cc2)cc1. The van der Waals surface area contributed by atoms with Crippen LogP contribution >= 0.6 is 0 Å². The number of carbonyl (C=O) groups excluding carboxylic acids is 2. The predicted octanol–water partition coefficient (Wildman–Crippen LogP) is 3.65. The Morgan fingerprint density at radius 1 is 0.769 bits per heavy atom. The van der Waals surface area contributed by atoms with Gasteiger partial charge in [0, 0.05) is 18.5 Å². The van der Waals surface area contributed by atoms with Crippen LogP contribution in [0.2, 0.25) is 0 Å². The van der Waals surface area contributed by atoms with E-state index >= 15 is 0 Å². The van der Waals surface area contributed by atoms with E-state index < -0.39 is 12.2 Å². The highest BCUT2D eigenvalue weighted by Crippen LogP contribution is 2.16. The van der Waals surface area contributed by atoms with E-state index in [1.165, 1.54) is 7.11 Å². The number of methoxy groups -OCH3 is 2. The highest BCUT2D eigenvalue weighted by molar-refractivity contribution is 5.85. The maximum absolute atomic E-state index is 11.6. The monoisotopic (exact) mass is 358 g/mol. The van der Waals surface area contributed by atoms with Gasteiger partial charge < -0.3 is 14.2 Å². The van der Waals surface area contributed by atoms with E-state index in [0.29, 0.717) is 18.0 Å². The zero-order chi connectivity index (χ0) is 18.8. The molecule has 26 heavy (non-hydrogen) atoms. The fourth-order valence-electron chi connectivity index (χ4n) is 2.19. The molecule has 0 saturated heterocycles. The summed E-state index contributed by atoms with van der Waals surface area (Å²) in [5, 5.41) is 5.26. The molecule has 0 aliphatic rings. The van der Waals surface area contributed by atoms with Crippen molar-refractivity contribution >= 4 is 23.6 Å². The summed E-state index contributed by atoms with van der Waals surface area (Å²) in [6.45, 7) is 0.571. The van der Waals surface area contributed by atoms with Crippen molar-refractivity contribution in [3.8, 4) is 0 Å². The van der Waals surface area contributed by atoms with Crippen molar-refractivity contribution in [3.05, 3.63) is 59.7 Å². The molecule has 0 fully saturated rings. The topological polar surface area (TPSA) is 85.9 Å². The molecular formula is C19H22N2O5. The van der Waals surface area contributed by atoms with Gasteiger partial charge in [-0.25, -0.2) is 9.59 Å². The summed E-state index contributed by atoms with van der Waals surface area (Å²) >= 11 is 0. The average molecular weight is 358 g/mol. The standard InChI is InChI=1S/C19H22N2O5/c1-24-11-12-26-19(23)21-17-9-5-15(6-10-17)13-14-3-7-16(8-4-14)20-18(22)25-2/h3-10H,11-13H2,1-2H3,(H,20,22)(H,21,23). The number of hydrogen-bond donors (Lipinski definition) is 2. The van der Waals surface area contributed by atoms with Crippen LogP contribution in [0.3, 0.4) is 0 Å². The fourth-order valence-corrected chi connectivity index (χ4v) is 2.19. The molecule has 0 bridgehead atoms. The molecule has 0 aliphatic heterocycles. The molecular weight excluding hydrogens is 336 g/mol. The molecule has 2 aromatic rings. The van der Waals surface area contributed by atoms with E-state index in [1.54, 1.807) is 7.11 Å². The fraction of sp³-hybridized carbons (Fsp3) is 0.263. The van der Waals surface area contributed by atoms with Gasteiger partial charge in [-0.3, -0.25) is 10.6 Å². The molecule has 0 saturated carbocycles. The van der Waals surface area contributed by atoms with Gasteiger partial charge in [0.1, 0.15) is 6.61 Å². The summed E-state index contributed by atoms with van der Waals surface area (Å²) in [6, 6.07) is 15.0. The number of ether oxygens (including phenoxy) is 3. The minimum atomic E-state index is -0.511. The third-order valence-corrected chi connectivity index (χ3v) is 3.51. The number of amides is 2. The molecule has 0 radical (unpaired) electrons. The van der Waals surface area contributed by atoms with Crippen molar-refractivity contribution in [2.75, 3.05) is 38.1 Å². The van der Waals surface area contributed by atoms with Crippen LogP contribution in [0.4, 0.5) is 21.0 Å². The maximum Gasteiger partial charge on any atom is 0.411 e. The number of hydrogen-bond acceptors (Lipinski definition) is 5. The molecule has 0 heterocycles. The smallest absolute Gasteiger partial charge is 0.411 e. The van der Waals surface area contributed by atoms with E-state index in [0.717, 1.165) is 17.5 Å². The van der Waals surface area contributed by atoms with Gasteiger partial charge in [0.15, 0.2) is 0 Å². The van der Waals surface area contributed by atoms with Crippen molar-refractivity contribution in [3.63, 3.8) is 0 Å². The van der Waals surface area contributed by atoms with Gasteiger partial charge >= 0.3 is 12.2 Å². The largest absolute Gasteiger partial charge is 0.453 e. The molecule has 138 valence electrons. The highest BCUT2D eigenvalue weighted by atomic mass is 16.6. The quantitative estimate of drug-likeness (QED) is 0.738. The summed E-state index contributed by atoms with van der Waals surface area (Å²) in [7, 11) is 2.87. The lowest BCUT2D eigenvalue weighted by Gasteiger charge is -2.08. The third kappa shape index (κ3) is 6.45. The van der Waals surface area contributed by atoms with Crippen LogP contribution < -0.4 is 10.6 Å². The molecule has 7 nitrogen and oxygen atoms in total. The van der Waals surface area contributed by atoms with Crippen molar-refractivity contribution in [1.82, 2.24) is 0 Å². The molecule has 0 unspecified atom stereocenters. The molecule has 2 amide bonds. The molecule has 0 aromatic heterocycles. The average Bonchev–Trinajstić information content (AvgIpc) is 2.65. The third-order valence-electron chi connectivity index (χ3n) is 3.51. The van der Waals surface area contributed by atoms with Crippen LogP contribution in [-0.2, 0) is 20.6 Å². The van der Waals surface area contributed by atoms with E-state index in [-0.39, 0.29) is 6.61 Å². The molecule has 2 aromatic carbocycles. The second kappa shape index (κ2) is 10.0. The van der Waals surface area contributed by atoms with Gasteiger partial charge in [0.05, 0.1) is 13.7 Å². The minimum Gasteiger partial charge on any atom is -0.453 e. The first-order valence-corrected chi connectivity index (χ1v) is 8.06. The van der Waals surface area contributed by atoms with Crippen LogP contribution in [-0.4, -0.2) is 39.6 Å². The van der Waals surface area contributed by atoms with Gasteiger partial charge in [-0.15, -0.1) is 0 Å². The first kappa shape index (κ1) is 19.3. The van der Waals surface area contributed by atoms with Gasteiger partial charge in [-0.2, -0.15) is 0 Å². The molecule has 7 heteroatoms. The molecule has 0 spiro atoms. The van der Waals surface area contributed by atoms with E-state index in [1.807, 2.05) is 48.5 Å². The summed E-state index contributed by atoms with van der Waals surface area (Å²) in [6.07, 6.45) is -0.276. The summed E-state index contributed by atoms with van der Waals surface area (Å²) in [5.41, 5.74) is 3.53. The van der Waals surface area contributed by atoms with Crippen molar-refractivity contribution in [1.29, 1.82) is 0 Å². The van der Waals surface area contributed by atoms with Crippen LogP contribution in [0.15, 0.2) is 48.5 Å². The Morgan fingerprint density at radius 3 is 1.73 bits per heavy atom. The Kier molecular flexibility index (Phi) is 7.45. The van der Waals surface area contributed by atoms with Crippen molar-refractivity contribution in [2.45, 2.75) is 6.42 Å². The Balaban J connectivity index is 1.86. The van der Waals surface area contributed by atoms with Crippen molar-refractivity contribution < 1.29 is 23.8 Å². The predicted molar refractivity (Wildman–Crippen MR) is 98.6 cm³/mol. The molecule has 0 atom stereocenters. The number of nitrogens with one attached hydrogen (secondary N) is 2.